The van der Waals surface area contributed by atoms with Crippen molar-refractivity contribution in [2.45, 2.75) is 37.5 Å². The van der Waals surface area contributed by atoms with Gasteiger partial charge in [-0.25, -0.2) is 0 Å². The van der Waals surface area contributed by atoms with E-state index in [-0.39, 0.29) is 11.8 Å². The van der Waals surface area contributed by atoms with Crippen molar-refractivity contribution in [2.75, 3.05) is 0 Å². The van der Waals surface area contributed by atoms with Crippen molar-refractivity contribution in [3.63, 3.8) is 0 Å². The van der Waals surface area contributed by atoms with E-state index in [1.165, 1.54) is 6.42 Å². The van der Waals surface area contributed by atoms with E-state index in [0.29, 0.717) is 5.56 Å². The molecule has 3 nitrogen and oxygen atoms in total. The Hall–Kier alpha value is -1.64. The minimum Gasteiger partial charge on any atom is -0.292 e. The Kier molecular flexibility index (Phi) is 2.28. The molecule has 0 saturated heterocycles. The van der Waals surface area contributed by atoms with Crippen LogP contribution >= 0.6 is 0 Å². The minimum absolute atomic E-state index is 0.0964. The molecule has 1 heterocycles. The van der Waals surface area contributed by atoms with Gasteiger partial charge in [-0.2, -0.15) is 0 Å². The maximum atomic E-state index is 12.2. The highest BCUT2D eigenvalue weighted by molar-refractivity contribution is 6.13. The summed E-state index contributed by atoms with van der Waals surface area (Å²) in [7, 11) is 0. The molecule has 88 valence electrons. The van der Waals surface area contributed by atoms with Crippen molar-refractivity contribution in [2.24, 2.45) is 0 Å². The largest absolute Gasteiger partial charge is 0.292 e. The Bertz CT molecular complexity index is 487. The van der Waals surface area contributed by atoms with Gasteiger partial charge in [0.1, 0.15) is 0 Å². The van der Waals surface area contributed by atoms with Crippen LogP contribution in [0.25, 0.3) is 0 Å². The second kappa shape index (κ2) is 3.69. The molecule has 17 heavy (non-hydrogen) atoms. The van der Waals surface area contributed by atoms with Crippen molar-refractivity contribution >= 4 is 11.8 Å². The van der Waals surface area contributed by atoms with E-state index < -0.39 is 5.41 Å². The Morgan fingerprint density at radius 3 is 2.47 bits per heavy atom. The molecule has 1 spiro atoms. The third kappa shape index (κ3) is 1.42. The summed E-state index contributed by atoms with van der Waals surface area (Å²) in [5, 5.41) is 2.52. The second-order valence-corrected chi connectivity index (χ2v) is 4.97. The van der Waals surface area contributed by atoms with E-state index in [2.05, 4.69) is 5.32 Å². The first kappa shape index (κ1) is 10.5. The molecule has 3 rings (SSSR count). The number of imide groups is 1. The molecule has 0 radical (unpaired) electrons. The van der Waals surface area contributed by atoms with E-state index in [1.807, 2.05) is 24.3 Å². The number of amides is 2. The molecule has 1 aromatic rings. The van der Waals surface area contributed by atoms with Gasteiger partial charge < -0.3 is 0 Å². The number of carbonyl (C=O) groups is 2. The second-order valence-electron chi connectivity index (χ2n) is 4.97. The first-order chi connectivity index (χ1) is 8.24. The van der Waals surface area contributed by atoms with E-state index in [1.54, 1.807) is 0 Å². The summed E-state index contributed by atoms with van der Waals surface area (Å²) in [5.41, 5.74) is 1.17. The van der Waals surface area contributed by atoms with Crippen molar-refractivity contribution in [1.82, 2.24) is 5.32 Å². The van der Waals surface area contributed by atoms with Crippen LogP contribution in [0.15, 0.2) is 24.3 Å². The van der Waals surface area contributed by atoms with E-state index in [9.17, 15) is 9.59 Å². The monoisotopic (exact) mass is 229 g/mol. The van der Waals surface area contributed by atoms with Crippen LogP contribution in [0.4, 0.5) is 0 Å². The van der Waals surface area contributed by atoms with Crippen LogP contribution in [-0.2, 0) is 10.2 Å². The molecular weight excluding hydrogens is 214 g/mol. The summed E-state index contributed by atoms with van der Waals surface area (Å²) in [5.74, 6) is -0.345. The molecule has 1 aromatic carbocycles. The molecule has 0 bridgehead atoms. The molecule has 1 fully saturated rings. The molecule has 0 aromatic heterocycles. The molecule has 1 aliphatic carbocycles. The lowest BCUT2D eigenvalue weighted by atomic mass is 9.66. The highest BCUT2D eigenvalue weighted by Gasteiger charge is 2.46. The molecule has 0 unspecified atom stereocenters. The van der Waals surface area contributed by atoms with Crippen LogP contribution in [0, 0.1) is 0 Å². The average Bonchev–Trinajstić information content (AvgIpc) is 2.38. The summed E-state index contributed by atoms with van der Waals surface area (Å²) in [6, 6.07) is 7.52. The van der Waals surface area contributed by atoms with Gasteiger partial charge in [-0.1, -0.05) is 37.5 Å². The predicted octanol–water partition coefficient (Wildman–Crippen LogP) is 2.16. The average molecular weight is 229 g/mol. The van der Waals surface area contributed by atoms with Gasteiger partial charge >= 0.3 is 0 Å². The summed E-state index contributed by atoms with van der Waals surface area (Å²) < 4.78 is 0. The van der Waals surface area contributed by atoms with Crippen LogP contribution in [-0.4, -0.2) is 11.8 Å². The number of hydrogen-bond donors (Lipinski definition) is 1. The minimum atomic E-state index is -0.442. The maximum absolute atomic E-state index is 12.2. The zero-order chi connectivity index (χ0) is 11.9. The van der Waals surface area contributed by atoms with Gasteiger partial charge in [0.15, 0.2) is 0 Å². The molecule has 1 aliphatic heterocycles. The fraction of sp³-hybridized carbons (Fsp3) is 0.429. The van der Waals surface area contributed by atoms with Crippen LogP contribution in [0.2, 0.25) is 0 Å². The van der Waals surface area contributed by atoms with E-state index >= 15 is 0 Å². The summed E-state index contributed by atoms with van der Waals surface area (Å²) in [6.07, 6.45) is 5.04. The maximum Gasteiger partial charge on any atom is 0.258 e. The van der Waals surface area contributed by atoms with Gasteiger partial charge in [-0.05, 0) is 24.5 Å². The Morgan fingerprint density at radius 2 is 1.71 bits per heavy atom. The molecular formula is C14H15NO2. The van der Waals surface area contributed by atoms with Gasteiger partial charge in [-0.15, -0.1) is 0 Å². The molecule has 2 amide bonds. The SMILES string of the molecule is O=C1NC(=O)C2(CCCCC2)c2ccccc21. The number of benzene rings is 1. The van der Waals surface area contributed by atoms with Gasteiger partial charge in [-0.3, -0.25) is 14.9 Å². The number of rotatable bonds is 0. The van der Waals surface area contributed by atoms with Crippen LogP contribution < -0.4 is 5.32 Å². The fourth-order valence-corrected chi connectivity index (χ4v) is 3.16. The zero-order valence-corrected chi connectivity index (χ0v) is 9.66. The van der Waals surface area contributed by atoms with Crippen LogP contribution in [0.5, 0.6) is 0 Å². The van der Waals surface area contributed by atoms with Gasteiger partial charge in [0.05, 0.1) is 5.41 Å². The van der Waals surface area contributed by atoms with Crippen molar-refractivity contribution in [3.05, 3.63) is 35.4 Å². The number of carbonyl (C=O) groups excluding carboxylic acids is 2. The first-order valence-corrected chi connectivity index (χ1v) is 6.19. The van der Waals surface area contributed by atoms with E-state index in [4.69, 9.17) is 0 Å². The Labute approximate surface area is 100 Å². The summed E-state index contributed by atoms with van der Waals surface area (Å²) in [6.45, 7) is 0. The Morgan fingerprint density at radius 1 is 1.00 bits per heavy atom. The molecule has 1 N–H and O–H groups in total. The lowest BCUT2D eigenvalue weighted by molar-refractivity contribution is -0.127. The standard InChI is InChI=1S/C14H15NO2/c16-12-10-6-2-3-7-11(10)14(13(17)15-12)8-4-1-5-9-14/h2-3,6-7H,1,4-5,8-9H2,(H,15,16,17). The van der Waals surface area contributed by atoms with Gasteiger partial charge in [0.25, 0.3) is 5.91 Å². The highest BCUT2D eigenvalue weighted by Crippen LogP contribution is 2.42. The van der Waals surface area contributed by atoms with Crippen molar-refractivity contribution in [3.8, 4) is 0 Å². The molecule has 0 atom stereocenters. The molecule has 3 heteroatoms. The summed E-state index contributed by atoms with van der Waals surface area (Å²) >= 11 is 0. The fourth-order valence-electron chi connectivity index (χ4n) is 3.16. The third-order valence-electron chi connectivity index (χ3n) is 4.06. The molecule has 2 aliphatic rings. The molecule has 1 saturated carbocycles. The van der Waals surface area contributed by atoms with Gasteiger partial charge in [0.2, 0.25) is 5.91 Å². The smallest absolute Gasteiger partial charge is 0.258 e. The zero-order valence-electron chi connectivity index (χ0n) is 9.66. The Balaban J connectivity index is 2.18. The highest BCUT2D eigenvalue weighted by atomic mass is 16.2. The lowest BCUT2D eigenvalue weighted by Crippen LogP contribution is -2.52. The number of nitrogens with one attached hydrogen (secondary N) is 1. The van der Waals surface area contributed by atoms with Crippen LogP contribution in [0.1, 0.15) is 48.0 Å². The quantitative estimate of drug-likeness (QED) is 0.693. The number of fused-ring (bicyclic) bond motifs is 2. The predicted molar refractivity (Wildman–Crippen MR) is 63.7 cm³/mol. The third-order valence-corrected chi connectivity index (χ3v) is 4.06. The van der Waals surface area contributed by atoms with Crippen molar-refractivity contribution < 1.29 is 9.59 Å². The van der Waals surface area contributed by atoms with Gasteiger partial charge in [0, 0.05) is 5.56 Å². The van der Waals surface area contributed by atoms with E-state index in [0.717, 1.165) is 31.2 Å². The normalized spacial score (nSPS) is 22.1. The van der Waals surface area contributed by atoms with Crippen molar-refractivity contribution in [1.29, 1.82) is 0 Å². The summed E-state index contributed by atoms with van der Waals surface area (Å²) in [4.78, 5) is 24.0. The lowest BCUT2D eigenvalue weighted by Gasteiger charge is -2.39. The first-order valence-electron chi connectivity index (χ1n) is 6.19. The number of hydrogen-bond acceptors (Lipinski definition) is 2. The van der Waals surface area contributed by atoms with Crippen LogP contribution in [0.3, 0.4) is 0 Å². The topological polar surface area (TPSA) is 46.2 Å².